The number of carbonyl (C=O) groups is 2. The van der Waals surface area contributed by atoms with Crippen molar-refractivity contribution in [1.29, 1.82) is 0 Å². The Morgan fingerprint density at radius 1 is 1.00 bits per heavy atom. The molecule has 8 heteroatoms. The highest BCUT2D eigenvalue weighted by molar-refractivity contribution is 6.09. The van der Waals surface area contributed by atoms with Gasteiger partial charge in [0.1, 0.15) is 6.04 Å². The van der Waals surface area contributed by atoms with Crippen LogP contribution in [0.1, 0.15) is 62.1 Å². The van der Waals surface area contributed by atoms with Crippen molar-refractivity contribution < 1.29 is 22.8 Å². The Morgan fingerprint density at radius 3 is 2.28 bits per heavy atom. The summed E-state index contributed by atoms with van der Waals surface area (Å²) in [6.45, 7) is 1.88. The monoisotopic (exact) mass is 497 g/mol. The topological polar surface area (TPSA) is 52.7 Å². The number of rotatable bonds is 6. The van der Waals surface area contributed by atoms with E-state index in [9.17, 15) is 22.8 Å². The second-order valence-corrected chi connectivity index (χ2v) is 9.40. The van der Waals surface area contributed by atoms with Crippen LogP contribution < -0.4 is 15.1 Å². The van der Waals surface area contributed by atoms with Gasteiger partial charge < -0.3 is 10.2 Å². The quantitative estimate of drug-likeness (QED) is 0.539. The van der Waals surface area contributed by atoms with Gasteiger partial charge in [0, 0.05) is 30.5 Å². The number of halogens is 3. The zero-order chi connectivity index (χ0) is 25.7. The number of benzene rings is 2. The summed E-state index contributed by atoms with van der Waals surface area (Å²) in [5.74, 6) is 0.656. The molecule has 0 bridgehead atoms. The molecule has 2 aromatic rings. The first-order valence-corrected chi connectivity index (χ1v) is 12.4. The van der Waals surface area contributed by atoms with Crippen molar-refractivity contribution in [3.05, 3.63) is 59.7 Å². The molecular formula is C28H30F3N3O2. The number of amides is 2. The minimum absolute atomic E-state index is 0.0538. The summed E-state index contributed by atoms with van der Waals surface area (Å²) in [7, 11) is 0. The molecule has 1 heterocycles. The van der Waals surface area contributed by atoms with Crippen LogP contribution in [-0.2, 0) is 15.8 Å². The number of anilines is 2. The van der Waals surface area contributed by atoms with Gasteiger partial charge in [0.25, 0.3) is 0 Å². The van der Waals surface area contributed by atoms with Crippen molar-refractivity contribution in [3.8, 4) is 12.3 Å². The average molecular weight is 498 g/mol. The van der Waals surface area contributed by atoms with E-state index in [2.05, 4.69) is 10.2 Å². The molecule has 0 spiro atoms. The normalized spacial score (nSPS) is 17.3. The molecule has 1 aliphatic heterocycles. The Bertz CT molecular complexity index is 1110. The number of alkyl halides is 3. The van der Waals surface area contributed by atoms with E-state index in [1.165, 1.54) is 12.1 Å². The Balaban J connectivity index is 1.74. The molecule has 2 aromatic carbocycles. The average Bonchev–Trinajstić information content (AvgIpc) is 3.42. The molecule has 0 aromatic heterocycles. The van der Waals surface area contributed by atoms with Crippen molar-refractivity contribution in [3.63, 3.8) is 0 Å². The summed E-state index contributed by atoms with van der Waals surface area (Å²) in [6.07, 6.45) is 7.74. The van der Waals surface area contributed by atoms with Crippen LogP contribution in [0.4, 0.5) is 24.5 Å². The Kier molecular flexibility index (Phi) is 7.88. The Labute approximate surface area is 209 Å². The van der Waals surface area contributed by atoms with E-state index in [0.29, 0.717) is 5.56 Å². The summed E-state index contributed by atoms with van der Waals surface area (Å²) in [5.41, 5.74) is 0.467. The highest BCUT2D eigenvalue weighted by Gasteiger charge is 2.36. The van der Waals surface area contributed by atoms with Crippen LogP contribution in [-0.4, -0.2) is 30.9 Å². The van der Waals surface area contributed by atoms with Gasteiger partial charge in [-0.15, -0.1) is 6.42 Å². The molecule has 1 atom stereocenters. The van der Waals surface area contributed by atoms with E-state index in [0.717, 1.165) is 80.8 Å². The number of nitrogens with one attached hydrogen (secondary N) is 1. The van der Waals surface area contributed by atoms with Gasteiger partial charge in [0.2, 0.25) is 5.91 Å². The van der Waals surface area contributed by atoms with Crippen LogP contribution in [0.25, 0.3) is 0 Å². The van der Waals surface area contributed by atoms with Crippen LogP contribution >= 0.6 is 0 Å². The van der Waals surface area contributed by atoms with Crippen LogP contribution in [0.15, 0.2) is 48.5 Å². The summed E-state index contributed by atoms with van der Waals surface area (Å²) < 4.78 is 40.4. The smallest absolute Gasteiger partial charge is 0.372 e. The van der Waals surface area contributed by atoms with Crippen molar-refractivity contribution in [2.45, 2.75) is 63.2 Å². The first-order valence-electron chi connectivity index (χ1n) is 12.4. The van der Waals surface area contributed by atoms with E-state index >= 15 is 0 Å². The highest BCUT2D eigenvalue weighted by Crippen LogP contribution is 2.35. The summed E-state index contributed by atoms with van der Waals surface area (Å²) in [4.78, 5) is 29.9. The van der Waals surface area contributed by atoms with Crippen molar-refractivity contribution in [2.24, 2.45) is 0 Å². The maximum Gasteiger partial charge on any atom is 0.416 e. The van der Waals surface area contributed by atoms with E-state index in [4.69, 9.17) is 6.42 Å². The number of nitrogens with zero attached hydrogens (tertiary/aromatic N) is 2. The molecule has 1 N–H and O–H groups in total. The van der Waals surface area contributed by atoms with Crippen LogP contribution in [0.3, 0.4) is 0 Å². The number of hydrogen-bond donors (Lipinski definition) is 1. The van der Waals surface area contributed by atoms with E-state index in [1.807, 2.05) is 18.1 Å². The van der Waals surface area contributed by atoms with E-state index in [1.54, 1.807) is 12.1 Å². The lowest BCUT2D eigenvalue weighted by atomic mass is 9.94. The van der Waals surface area contributed by atoms with Gasteiger partial charge in [-0.25, -0.2) is 0 Å². The first-order chi connectivity index (χ1) is 17.3. The van der Waals surface area contributed by atoms with Gasteiger partial charge >= 0.3 is 12.1 Å². The molecule has 2 fully saturated rings. The fourth-order valence-corrected chi connectivity index (χ4v) is 5.07. The Hall–Kier alpha value is -3.47. The predicted octanol–water partition coefficient (Wildman–Crippen LogP) is 5.46. The van der Waals surface area contributed by atoms with E-state index < -0.39 is 29.6 Å². The lowest BCUT2D eigenvalue weighted by molar-refractivity contribution is -0.137. The van der Waals surface area contributed by atoms with Gasteiger partial charge in [0.15, 0.2) is 0 Å². The molecule has 4 rings (SSSR count). The summed E-state index contributed by atoms with van der Waals surface area (Å²) in [6, 6.07) is 10.4. The third-order valence-electron chi connectivity index (χ3n) is 6.93. The fraction of sp³-hybridized carbons (Fsp3) is 0.429. The third-order valence-corrected chi connectivity index (χ3v) is 6.93. The first kappa shape index (κ1) is 25.6. The maximum atomic E-state index is 13.7. The molecule has 1 saturated carbocycles. The largest absolute Gasteiger partial charge is 0.416 e. The SMILES string of the molecule is C#CC(=O)N(c1cccc(C(F)(F)F)c1)C(C(=O)NC1CCCCC1)c1ccc(N2CCCC2)cc1. The second kappa shape index (κ2) is 11.1. The van der Waals surface area contributed by atoms with Crippen molar-refractivity contribution in [1.82, 2.24) is 5.32 Å². The lowest BCUT2D eigenvalue weighted by Gasteiger charge is -2.33. The molecule has 2 aliphatic rings. The number of hydrogen-bond acceptors (Lipinski definition) is 3. The molecule has 0 radical (unpaired) electrons. The predicted molar refractivity (Wildman–Crippen MR) is 133 cm³/mol. The minimum Gasteiger partial charge on any atom is -0.372 e. The molecular weight excluding hydrogens is 467 g/mol. The Morgan fingerprint density at radius 2 is 1.67 bits per heavy atom. The molecule has 190 valence electrons. The lowest BCUT2D eigenvalue weighted by Crippen LogP contribution is -2.47. The van der Waals surface area contributed by atoms with Crippen molar-refractivity contribution in [2.75, 3.05) is 22.9 Å². The number of terminal acetylenes is 1. The number of carbonyl (C=O) groups excluding carboxylic acids is 2. The van der Waals surface area contributed by atoms with E-state index in [-0.39, 0.29) is 11.7 Å². The molecule has 1 saturated heterocycles. The molecule has 36 heavy (non-hydrogen) atoms. The van der Waals surface area contributed by atoms with Crippen LogP contribution in [0.5, 0.6) is 0 Å². The second-order valence-electron chi connectivity index (χ2n) is 9.40. The van der Waals surface area contributed by atoms with Crippen LogP contribution in [0, 0.1) is 12.3 Å². The third kappa shape index (κ3) is 5.84. The molecule has 5 nitrogen and oxygen atoms in total. The summed E-state index contributed by atoms with van der Waals surface area (Å²) >= 11 is 0. The zero-order valence-electron chi connectivity index (χ0n) is 20.1. The zero-order valence-corrected chi connectivity index (χ0v) is 20.1. The van der Waals surface area contributed by atoms with Crippen LogP contribution in [0.2, 0.25) is 0 Å². The van der Waals surface area contributed by atoms with Gasteiger partial charge in [-0.1, -0.05) is 37.5 Å². The maximum absolute atomic E-state index is 13.7. The summed E-state index contributed by atoms with van der Waals surface area (Å²) in [5, 5.41) is 3.03. The van der Waals surface area contributed by atoms with Gasteiger partial charge in [-0.3, -0.25) is 14.5 Å². The van der Waals surface area contributed by atoms with Gasteiger partial charge in [-0.05, 0) is 67.5 Å². The minimum atomic E-state index is -4.61. The standard InChI is InChI=1S/C28H30F3N3O2/c1-2-25(35)34(24-12-8-9-21(19-24)28(29,30)31)26(27(36)32-22-10-4-3-5-11-22)20-13-15-23(16-14-20)33-17-6-7-18-33/h1,8-9,12-16,19,22,26H,3-7,10-11,17-18H2,(H,32,36). The molecule has 2 amide bonds. The highest BCUT2D eigenvalue weighted by atomic mass is 19.4. The van der Waals surface area contributed by atoms with Gasteiger partial charge in [-0.2, -0.15) is 13.2 Å². The molecule has 1 unspecified atom stereocenters. The van der Waals surface area contributed by atoms with Crippen molar-refractivity contribution >= 4 is 23.2 Å². The molecule has 1 aliphatic carbocycles. The van der Waals surface area contributed by atoms with Gasteiger partial charge in [0.05, 0.1) is 5.56 Å². The fourth-order valence-electron chi connectivity index (χ4n) is 5.07.